The predicted octanol–water partition coefficient (Wildman–Crippen LogP) is 3.88. The Labute approximate surface area is 168 Å². The van der Waals surface area contributed by atoms with Crippen molar-refractivity contribution >= 4 is 21.9 Å². The average Bonchev–Trinajstić information content (AvgIpc) is 3.46. The zero-order valence-corrected chi connectivity index (χ0v) is 16.6. The van der Waals surface area contributed by atoms with Crippen molar-refractivity contribution in [3.63, 3.8) is 0 Å². The van der Waals surface area contributed by atoms with Gasteiger partial charge in [0.15, 0.2) is 11.6 Å². The van der Waals surface area contributed by atoms with Gasteiger partial charge in [0.2, 0.25) is 0 Å². The Bertz CT molecular complexity index is 1310. The van der Waals surface area contributed by atoms with Crippen molar-refractivity contribution in [2.75, 3.05) is 7.11 Å². The molecule has 3 aromatic heterocycles. The van der Waals surface area contributed by atoms with E-state index in [0.717, 1.165) is 39.4 Å². The highest BCUT2D eigenvalue weighted by molar-refractivity contribution is 5.94. The summed E-state index contributed by atoms with van der Waals surface area (Å²) in [6.45, 7) is 2.02. The molecule has 5 aromatic rings. The molecule has 0 aliphatic heterocycles. The van der Waals surface area contributed by atoms with Gasteiger partial charge in [-0.15, -0.1) is 0 Å². The lowest BCUT2D eigenvalue weighted by Crippen LogP contribution is -2.10. The maximum absolute atomic E-state index is 5.44. The number of nitrogens with zero attached hydrogens (tertiary/aromatic N) is 5. The SMILES string of the molecule is COC(C)Cc1nc(-c2cccc3ccn(C)c23)n(-c2cccc3[nH]cnc23)n1. The fourth-order valence-electron chi connectivity index (χ4n) is 3.78. The van der Waals surface area contributed by atoms with Gasteiger partial charge in [-0.25, -0.2) is 14.6 Å². The molecular formula is C22H22N6O. The van der Waals surface area contributed by atoms with Gasteiger partial charge in [-0.05, 0) is 31.2 Å². The molecule has 7 nitrogen and oxygen atoms in total. The molecule has 0 aliphatic carbocycles. The topological polar surface area (TPSA) is 73.5 Å². The van der Waals surface area contributed by atoms with Gasteiger partial charge in [-0.2, -0.15) is 5.10 Å². The Kier molecular flexibility index (Phi) is 4.17. The number of para-hydroxylation sites is 2. The summed E-state index contributed by atoms with van der Waals surface area (Å²) < 4.78 is 9.47. The lowest BCUT2D eigenvalue weighted by Gasteiger charge is -2.09. The number of imidazole rings is 1. The molecule has 1 unspecified atom stereocenters. The molecule has 0 radical (unpaired) electrons. The Morgan fingerprint density at radius 1 is 1.14 bits per heavy atom. The van der Waals surface area contributed by atoms with E-state index in [0.29, 0.717) is 6.42 Å². The Balaban J connectivity index is 1.78. The summed E-state index contributed by atoms with van der Waals surface area (Å²) >= 11 is 0. The number of aryl methyl sites for hydroxylation is 1. The molecule has 0 fully saturated rings. The van der Waals surface area contributed by atoms with Gasteiger partial charge in [0.1, 0.15) is 5.52 Å². The van der Waals surface area contributed by atoms with Crippen molar-refractivity contribution in [3.05, 3.63) is 60.8 Å². The standard InChI is InChI=1S/C22H22N6O/c1-14(29-3)12-19-25-22(16-7-4-6-15-10-11-27(2)21(15)16)28(26-19)18-9-5-8-17-20(18)24-13-23-17/h4-11,13-14H,12H2,1-3H3,(H,23,24). The lowest BCUT2D eigenvalue weighted by molar-refractivity contribution is 0.117. The summed E-state index contributed by atoms with van der Waals surface area (Å²) in [5, 5.41) is 6.03. The zero-order chi connectivity index (χ0) is 20.0. The number of hydrogen-bond donors (Lipinski definition) is 1. The van der Waals surface area contributed by atoms with Gasteiger partial charge in [0.05, 0.1) is 29.2 Å². The number of aromatic nitrogens is 6. The number of rotatable bonds is 5. The second-order valence-corrected chi connectivity index (χ2v) is 7.26. The van der Waals surface area contributed by atoms with E-state index >= 15 is 0 Å². The summed E-state index contributed by atoms with van der Waals surface area (Å²) in [6, 6.07) is 14.4. The smallest absolute Gasteiger partial charge is 0.165 e. The van der Waals surface area contributed by atoms with Crippen LogP contribution in [0.25, 0.3) is 39.0 Å². The van der Waals surface area contributed by atoms with E-state index in [9.17, 15) is 0 Å². The first-order valence-electron chi connectivity index (χ1n) is 9.61. The Morgan fingerprint density at radius 3 is 2.86 bits per heavy atom. The van der Waals surface area contributed by atoms with Crippen molar-refractivity contribution in [1.29, 1.82) is 0 Å². The quantitative estimate of drug-likeness (QED) is 0.497. The summed E-state index contributed by atoms with van der Waals surface area (Å²) in [5.74, 6) is 1.54. The van der Waals surface area contributed by atoms with Gasteiger partial charge in [-0.1, -0.05) is 18.2 Å². The zero-order valence-electron chi connectivity index (χ0n) is 16.6. The predicted molar refractivity (Wildman–Crippen MR) is 113 cm³/mol. The van der Waals surface area contributed by atoms with Crippen LogP contribution in [0.3, 0.4) is 0 Å². The third-order valence-corrected chi connectivity index (χ3v) is 5.32. The largest absolute Gasteiger partial charge is 0.381 e. The maximum Gasteiger partial charge on any atom is 0.165 e. The number of H-pyrrole nitrogens is 1. The summed E-state index contributed by atoms with van der Waals surface area (Å²) in [5.41, 5.74) is 4.89. The Morgan fingerprint density at radius 2 is 2.00 bits per heavy atom. The van der Waals surface area contributed by atoms with E-state index in [4.69, 9.17) is 14.8 Å². The minimum Gasteiger partial charge on any atom is -0.381 e. The molecule has 0 saturated carbocycles. The molecular weight excluding hydrogens is 364 g/mol. The first kappa shape index (κ1) is 17.6. The van der Waals surface area contributed by atoms with Gasteiger partial charge >= 0.3 is 0 Å². The molecule has 3 heterocycles. The van der Waals surface area contributed by atoms with Crippen molar-refractivity contribution in [2.45, 2.75) is 19.4 Å². The number of aromatic amines is 1. The first-order valence-corrected chi connectivity index (χ1v) is 9.61. The number of nitrogens with one attached hydrogen (secondary N) is 1. The number of methoxy groups -OCH3 is 1. The van der Waals surface area contributed by atoms with Gasteiger partial charge in [-0.3, -0.25) is 0 Å². The third kappa shape index (κ3) is 2.91. The molecule has 29 heavy (non-hydrogen) atoms. The molecule has 0 saturated heterocycles. The van der Waals surface area contributed by atoms with Crippen LogP contribution in [0.4, 0.5) is 0 Å². The highest BCUT2D eigenvalue weighted by Gasteiger charge is 2.20. The summed E-state index contributed by atoms with van der Waals surface area (Å²) in [6.07, 6.45) is 4.44. The van der Waals surface area contributed by atoms with Crippen LogP contribution < -0.4 is 0 Å². The van der Waals surface area contributed by atoms with E-state index in [-0.39, 0.29) is 6.10 Å². The van der Waals surface area contributed by atoms with Crippen molar-refractivity contribution in [1.82, 2.24) is 29.3 Å². The van der Waals surface area contributed by atoms with E-state index in [1.54, 1.807) is 13.4 Å². The second-order valence-electron chi connectivity index (χ2n) is 7.26. The molecule has 0 spiro atoms. The van der Waals surface area contributed by atoms with Crippen LogP contribution in [0.5, 0.6) is 0 Å². The number of fused-ring (bicyclic) bond motifs is 2. The minimum atomic E-state index is 0.0331. The molecule has 0 bridgehead atoms. The molecule has 5 rings (SSSR count). The van der Waals surface area contributed by atoms with Crippen LogP contribution in [0.1, 0.15) is 12.7 Å². The maximum atomic E-state index is 5.44. The fourth-order valence-corrected chi connectivity index (χ4v) is 3.78. The number of benzene rings is 2. The minimum absolute atomic E-state index is 0.0331. The Hall–Kier alpha value is -3.45. The monoisotopic (exact) mass is 386 g/mol. The molecule has 1 N–H and O–H groups in total. The molecule has 0 aliphatic rings. The normalized spacial score (nSPS) is 12.8. The van der Waals surface area contributed by atoms with Crippen LogP contribution >= 0.6 is 0 Å². The van der Waals surface area contributed by atoms with Crippen molar-refractivity contribution < 1.29 is 4.74 Å². The van der Waals surface area contributed by atoms with E-state index < -0.39 is 0 Å². The van der Waals surface area contributed by atoms with Gasteiger partial charge in [0.25, 0.3) is 0 Å². The average molecular weight is 386 g/mol. The van der Waals surface area contributed by atoms with Crippen LogP contribution in [0.2, 0.25) is 0 Å². The second kappa shape index (κ2) is 6.86. The lowest BCUT2D eigenvalue weighted by atomic mass is 10.1. The van der Waals surface area contributed by atoms with Gasteiger partial charge < -0.3 is 14.3 Å². The third-order valence-electron chi connectivity index (χ3n) is 5.32. The van der Waals surface area contributed by atoms with Crippen LogP contribution in [-0.4, -0.2) is 42.5 Å². The van der Waals surface area contributed by atoms with Crippen molar-refractivity contribution in [3.8, 4) is 17.1 Å². The summed E-state index contributed by atoms with van der Waals surface area (Å²) in [4.78, 5) is 12.6. The number of ether oxygens (including phenoxy) is 1. The first-order chi connectivity index (χ1) is 14.2. The molecule has 0 amide bonds. The molecule has 2 aromatic carbocycles. The molecule has 7 heteroatoms. The van der Waals surface area contributed by atoms with Crippen molar-refractivity contribution in [2.24, 2.45) is 7.05 Å². The van der Waals surface area contributed by atoms with Crippen LogP contribution in [0.15, 0.2) is 55.0 Å². The summed E-state index contributed by atoms with van der Waals surface area (Å²) in [7, 11) is 3.76. The van der Waals surface area contributed by atoms with E-state index in [1.807, 2.05) is 29.8 Å². The molecule has 1 atom stereocenters. The highest BCUT2D eigenvalue weighted by atomic mass is 16.5. The van der Waals surface area contributed by atoms with Crippen LogP contribution in [-0.2, 0) is 18.2 Å². The number of hydrogen-bond acceptors (Lipinski definition) is 4. The van der Waals surface area contributed by atoms with E-state index in [1.165, 1.54) is 5.39 Å². The molecule has 146 valence electrons. The van der Waals surface area contributed by atoms with Gasteiger partial charge in [0, 0.05) is 37.7 Å². The highest BCUT2D eigenvalue weighted by Crippen LogP contribution is 2.31. The fraction of sp³-hybridized carbons (Fsp3) is 0.227. The van der Waals surface area contributed by atoms with E-state index in [2.05, 4.69) is 52.0 Å². The van der Waals surface area contributed by atoms with Crippen LogP contribution in [0, 0.1) is 0 Å².